The largest absolute Gasteiger partial charge is 0.500 e. The van der Waals surface area contributed by atoms with Gasteiger partial charge >= 0.3 is 8.80 Å². The van der Waals surface area contributed by atoms with Gasteiger partial charge in [-0.05, 0) is 33.6 Å². The summed E-state index contributed by atoms with van der Waals surface area (Å²) in [5.74, 6) is 0. The molecule has 5 nitrogen and oxygen atoms in total. The summed E-state index contributed by atoms with van der Waals surface area (Å²) >= 11 is 0. The molecular formula is C13H29NO4Si. The highest BCUT2D eigenvalue weighted by Crippen LogP contribution is 2.20. The highest BCUT2D eigenvalue weighted by atomic mass is 28.4. The second kappa shape index (κ2) is 9.85. The summed E-state index contributed by atoms with van der Waals surface area (Å²) < 4.78 is 23.0. The van der Waals surface area contributed by atoms with Gasteiger partial charge in [-0.15, -0.1) is 0 Å². The van der Waals surface area contributed by atoms with Crippen LogP contribution in [0.3, 0.4) is 0 Å². The Hall–Kier alpha value is 0.0169. The van der Waals surface area contributed by atoms with Gasteiger partial charge in [0.15, 0.2) is 0 Å². The lowest BCUT2D eigenvalue weighted by molar-refractivity contribution is 0.0644. The van der Waals surface area contributed by atoms with Crippen molar-refractivity contribution < 1.29 is 18.0 Å². The number of morpholine rings is 1. The number of nitrogens with one attached hydrogen (secondary N) is 1. The lowest BCUT2D eigenvalue weighted by Crippen LogP contribution is -2.46. The molecule has 1 unspecified atom stereocenters. The van der Waals surface area contributed by atoms with Gasteiger partial charge in [0.05, 0.1) is 13.2 Å². The van der Waals surface area contributed by atoms with E-state index in [1.807, 2.05) is 20.8 Å². The van der Waals surface area contributed by atoms with Crippen LogP contribution in [-0.2, 0) is 18.0 Å². The van der Waals surface area contributed by atoms with Crippen molar-refractivity contribution in [2.45, 2.75) is 45.7 Å². The average molecular weight is 291 g/mol. The predicted octanol–water partition coefficient (Wildman–Crippen LogP) is 1.80. The smallest absolute Gasteiger partial charge is 0.379 e. The molecule has 0 aromatic heterocycles. The molecule has 1 rings (SSSR count). The van der Waals surface area contributed by atoms with Crippen LogP contribution >= 0.6 is 0 Å². The third-order valence-electron chi connectivity index (χ3n) is 3.13. The van der Waals surface area contributed by atoms with Gasteiger partial charge in [0.2, 0.25) is 0 Å². The van der Waals surface area contributed by atoms with Gasteiger partial charge in [-0.3, -0.25) is 0 Å². The lowest BCUT2D eigenvalue weighted by atomic mass is 10.1. The zero-order valence-corrected chi connectivity index (χ0v) is 13.6. The first-order chi connectivity index (χ1) is 9.26. The Bertz CT molecular complexity index is 208. The van der Waals surface area contributed by atoms with E-state index in [4.69, 9.17) is 18.0 Å². The van der Waals surface area contributed by atoms with Crippen LogP contribution in [0.25, 0.3) is 0 Å². The normalized spacial score (nSPS) is 20.7. The van der Waals surface area contributed by atoms with E-state index in [9.17, 15) is 0 Å². The first kappa shape index (κ1) is 17.1. The molecule has 1 saturated heterocycles. The third-order valence-corrected chi connectivity index (χ3v) is 6.28. The van der Waals surface area contributed by atoms with E-state index < -0.39 is 8.80 Å². The number of hydrogen-bond donors (Lipinski definition) is 1. The fourth-order valence-corrected chi connectivity index (χ4v) is 5.01. The van der Waals surface area contributed by atoms with Gasteiger partial charge in [-0.25, -0.2) is 0 Å². The van der Waals surface area contributed by atoms with E-state index >= 15 is 0 Å². The Morgan fingerprint density at radius 1 is 1.11 bits per heavy atom. The zero-order valence-electron chi connectivity index (χ0n) is 12.6. The summed E-state index contributed by atoms with van der Waals surface area (Å²) in [5, 5.41) is 3.47. The van der Waals surface area contributed by atoms with Crippen molar-refractivity contribution in [3.63, 3.8) is 0 Å². The minimum absolute atomic E-state index is 0.463. The molecule has 0 bridgehead atoms. The van der Waals surface area contributed by atoms with Crippen molar-refractivity contribution in [2.75, 3.05) is 39.6 Å². The number of rotatable bonds is 10. The van der Waals surface area contributed by atoms with E-state index in [1.54, 1.807) is 0 Å². The molecule has 0 aromatic carbocycles. The molecule has 0 aliphatic carbocycles. The summed E-state index contributed by atoms with van der Waals surface area (Å²) in [5.41, 5.74) is 0. The molecule has 0 aromatic rings. The van der Waals surface area contributed by atoms with Gasteiger partial charge in [-0.1, -0.05) is 0 Å². The highest BCUT2D eigenvalue weighted by Gasteiger charge is 2.39. The van der Waals surface area contributed by atoms with Crippen LogP contribution in [0.2, 0.25) is 6.04 Å². The molecule has 0 saturated carbocycles. The molecular weight excluding hydrogens is 262 g/mol. The zero-order chi connectivity index (χ0) is 14.0. The molecule has 1 aliphatic heterocycles. The fourth-order valence-electron chi connectivity index (χ4n) is 2.37. The molecule has 0 spiro atoms. The molecule has 19 heavy (non-hydrogen) atoms. The van der Waals surface area contributed by atoms with Crippen LogP contribution in [0.15, 0.2) is 0 Å². The van der Waals surface area contributed by atoms with Crippen LogP contribution in [-0.4, -0.2) is 54.4 Å². The Kier molecular flexibility index (Phi) is 8.85. The van der Waals surface area contributed by atoms with Crippen molar-refractivity contribution in [1.29, 1.82) is 0 Å². The van der Waals surface area contributed by atoms with Crippen molar-refractivity contribution in [1.82, 2.24) is 5.32 Å². The van der Waals surface area contributed by atoms with E-state index in [0.717, 1.165) is 38.6 Å². The van der Waals surface area contributed by atoms with E-state index in [2.05, 4.69) is 5.32 Å². The summed E-state index contributed by atoms with van der Waals surface area (Å²) in [7, 11) is -2.45. The maximum atomic E-state index is 5.84. The molecule has 1 aliphatic rings. The first-order valence-corrected chi connectivity index (χ1v) is 9.42. The van der Waals surface area contributed by atoms with Crippen LogP contribution < -0.4 is 5.32 Å². The predicted molar refractivity (Wildman–Crippen MR) is 77.3 cm³/mol. The van der Waals surface area contributed by atoms with Gasteiger partial charge in [0, 0.05) is 38.5 Å². The molecule has 1 atom stereocenters. The van der Waals surface area contributed by atoms with Crippen LogP contribution in [0, 0.1) is 0 Å². The Morgan fingerprint density at radius 3 is 2.21 bits per heavy atom. The number of hydrogen-bond acceptors (Lipinski definition) is 5. The van der Waals surface area contributed by atoms with E-state index in [1.165, 1.54) is 0 Å². The Labute approximate surface area is 118 Å². The highest BCUT2D eigenvalue weighted by molar-refractivity contribution is 6.60. The molecule has 0 radical (unpaired) electrons. The third kappa shape index (κ3) is 6.33. The van der Waals surface area contributed by atoms with Crippen LogP contribution in [0.5, 0.6) is 0 Å². The monoisotopic (exact) mass is 291 g/mol. The van der Waals surface area contributed by atoms with Crippen LogP contribution in [0.4, 0.5) is 0 Å². The van der Waals surface area contributed by atoms with Gasteiger partial charge in [0.25, 0.3) is 0 Å². The van der Waals surface area contributed by atoms with Crippen molar-refractivity contribution in [2.24, 2.45) is 0 Å². The minimum Gasteiger partial charge on any atom is -0.379 e. The topological polar surface area (TPSA) is 49.0 Å². The molecule has 114 valence electrons. The average Bonchev–Trinajstić information content (AvgIpc) is 2.41. The summed E-state index contributed by atoms with van der Waals surface area (Å²) in [6.45, 7) is 10.5. The summed E-state index contributed by atoms with van der Waals surface area (Å²) in [4.78, 5) is 0. The number of ether oxygens (including phenoxy) is 1. The summed E-state index contributed by atoms with van der Waals surface area (Å²) in [6.07, 6.45) is 2.13. The Morgan fingerprint density at radius 2 is 1.74 bits per heavy atom. The first-order valence-electron chi connectivity index (χ1n) is 7.49. The van der Waals surface area contributed by atoms with Crippen LogP contribution in [0.1, 0.15) is 33.6 Å². The molecule has 1 fully saturated rings. The van der Waals surface area contributed by atoms with Gasteiger partial charge < -0.3 is 23.3 Å². The molecule has 1 heterocycles. The quantitative estimate of drug-likeness (QED) is 0.622. The SMILES string of the molecule is CCO[Si](CCCC1COCCN1)(OCC)OCC. The Balaban J connectivity index is 2.36. The van der Waals surface area contributed by atoms with E-state index in [0.29, 0.717) is 25.9 Å². The second-order valence-corrected chi connectivity index (χ2v) is 7.33. The lowest BCUT2D eigenvalue weighted by Gasteiger charge is -2.29. The standard InChI is InChI=1S/C13H29NO4Si/c1-4-16-19(17-5-2,18-6-3)11-7-8-13-12-15-10-9-14-13/h13-14H,4-12H2,1-3H3. The fraction of sp³-hybridized carbons (Fsp3) is 1.00. The van der Waals surface area contributed by atoms with Crippen molar-refractivity contribution >= 4 is 8.80 Å². The maximum Gasteiger partial charge on any atom is 0.500 e. The van der Waals surface area contributed by atoms with Gasteiger partial charge in [-0.2, -0.15) is 0 Å². The van der Waals surface area contributed by atoms with Crippen molar-refractivity contribution in [3.8, 4) is 0 Å². The van der Waals surface area contributed by atoms with Crippen molar-refractivity contribution in [3.05, 3.63) is 0 Å². The minimum atomic E-state index is -2.45. The van der Waals surface area contributed by atoms with Gasteiger partial charge in [0.1, 0.15) is 0 Å². The summed E-state index contributed by atoms with van der Waals surface area (Å²) in [6, 6.07) is 1.35. The molecule has 6 heteroatoms. The maximum absolute atomic E-state index is 5.84. The molecule has 0 amide bonds. The molecule has 1 N–H and O–H groups in total. The second-order valence-electron chi connectivity index (χ2n) is 4.60. The van der Waals surface area contributed by atoms with E-state index in [-0.39, 0.29) is 0 Å².